The summed E-state index contributed by atoms with van der Waals surface area (Å²) in [6.45, 7) is 2.89. The minimum absolute atomic E-state index is 0.00222. The number of carbonyl (C=O) groups is 2. The maximum Gasteiger partial charge on any atom is 0.408 e. The molecule has 41 heavy (non-hydrogen) atoms. The highest BCUT2D eigenvalue weighted by molar-refractivity contribution is 7.13. The lowest BCUT2D eigenvalue weighted by Crippen LogP contribution is -2.55. The zero-order chi connectivity index (χ0) is 29.6. The minimum Gasteiger partial charge on any atom is -0.372 e. The number of hydrogen-bond acceptors (Lipinski definition) is 12. The highest BCUT2D eigenvalue weighted by Gasteiger charge is 2.47. The SMILES string of the molecule is CC(=O)CN1C(=O)c2c(ncn2[C@@H](C)C(O)Nc2csc(-c3cnc(N4CCC[C@H]4C(F)(F)F)nc3)n2)N(C)C1O. The molecule has 4 atom stereocenters. The predicted octanol–water partition coefficient (Wildman–Crippen LogP) is 2.08. The number of aliphatic hydroxyl groups is 2. The summed E-state index contributed by atoms with van der Waals surface area (Å²) in [5, 5.41) is 26.4. The molecule has 2 unspecified atom stereocenters. The molecule has 17 heteroatoms. The van der Waals surface area contributed by atoms with E-state index in [4.69, 9.17) is 0 Å². The van der Waals surface area contributed by atoms with Crippen molar-refractivity contribution >= 4 is 40.6 Å². The van der Waals surface area contributed by atoms with E-state index in [2.05, 4.69) is 25.3 Å². The quantitative estimate of drug-likeness (QED) is 0.328. The molecule has 2 aliphatic heterocycles. The molecule has 5 rings (SSSR count). The third-order valence-corrected chi connectivity index (χ3v) is 7.95. The molecular formula is C24H28F3N9O4S. The number of Topliss-reactive ketones (excluding diaryl/α,β-unsaturated/α-hetero) is 1. The van der Waals surface area contributed by atoms with Crippen LogP contribution in [0.3, 0.4) is 0 Å². The summed E-state index contributed by atoms with van der Waals surface area (Å²) >= 11 is 1.22. The number of carbonyl (C=O) groups excluding carboxylic acids is 2. The Labute approximate surface area is 236 Å². The van der Waals surface area contributed by atoms with Crippen LogP contribution in [-0.4, -0.2) is 96.2 Å². The average molecular weight is 596 g/mol. The molecule has 5 heterocycles. The molecule has 3 aromatic heterocycles. The standard InChI is InChI=1S/C24H28F3N9O4S/c1-12(37)9-35-21(39)17-18(33(3)23(35)40)30-11-36(17)13(2)19(38)31-16-10-41-20(32-16)14-7-28-22(29-8-14)34-6-4-5-15(34)24(25,26)27/h7-8,10-11,13,15,19,23,31,38,40H,4-6,9H2,1-3H3/t13-,15-,19?,23?/m0/s1. The Bertz CT molecular complexity index is 1430. The van der Waals surface area contributed by atoms with Crippen LogP contribution in [0.15, 0.2) is 24.1 Å². The monoisotopic (exact) mass is 595 g/mol. The van der Waals surface area contributed by atoms with Crippen LogP contribution in [0.1, 0.15) is 43.2 Å². The van der Waals surface area contributed by atoms with Crippen molar-refractivity contribution in [1.29, 1.82) is 0 Å². The minimum atomic E-state index is -4.36. The van der Waals surface area contributed by atoms with Crippen molar-refractivity contribution in [2.75, 3.05) is 35.3 Å². The molecule has 0 aromatic carbocycles. The Kier molecular flexibility index (Phi) is 7.60. The molecule has 1 saturated heterocycles. The summed E-state index contributed by atoms with van der Waals surface area (Å²) in [5.41, 5.74) is 0.605. The van der Waals surface area contributed by atoms with Crippen LogP contribution < -0.4 is 15.1 Å². The number of anilines is 3. The highest BCUT2D eigenvalue weighted by atomic mass is 32.1. The second-order valence-corrected chi connectivity index (χ2v) is 10.8. The third kappa shape index (κ3) is 5.43. The summed E-state index contributed by atoms with van der Waals surface area (Å²) in [5.74, 6) is -0.387. The molecule has 0 bridgehead atoms. The average Bonchev–Trinajstić information content (AvgIpc) is 3.69. The van der Waals surface area contributed by atoms with Crippen molar-refractivity contribution in [3.05, 3.63) is 29.8 Å². The van der Waals surface area contributed by atoms with E-state index in [0.717, 1.165) is 9.80 Å². The number of halogens is 3. The number of alkyl halides is 3. The molecule has 0 aliphatic carbocycles. The van der Waals surface area contributed by atoms with Gasteiger partial charge in [-0.1, -0.05) is 0 Å². The van der Waals surface area contributed by atoms with Gasteiger partial charge in [0.05, 0.1) is 18.9 Å². The maximum absolute atomic E-state index is 13.3. The van der Waals surface area contributed by atoms with E-state index in [1.165, 1.54) is 53.5 Å². The summed E-state index contributed by atoms with van der Waals surface area (Å²) in [7, 11) is 1.53. The van der Waals surface area contributed by atoms with Gasteiger partial charge in [-0.05, 0) is 26.7 Å². The fourth-order valence-corrected chi connectivity index (χ4v) is 5.64. The van der Waals surface area contributed by atoms with Crippen LogP contribution in [0.25, 0.3) is 10.6 Å². The van der Waals surface area contributed by atoms with Crippen LogP contribution in [0.2, 0.25) is 0 Å². The number of nitrogens with zero attached hydrogens (tertiary/aromatic N) is 8. The number of imidazole rings is 1. The number of rotatable bonds is 8. The Hall–Kier alpha value is -3.83. The Morgan fingerprint density at radius 2 is 1.98 bits per heavy atom. The van der Waals surface area contributed by atoms with Crippen LogP contribution in [-0.2, 0) is 4.79 Å². The largest absolute Gasteiger partial charge is 0.408 e. The van der Waals surface area contributed by atoms with Gasteiger partial charge in [0.15, 0.2) is 11.5 Å². The first kappa shape index (κ1) is 28.7. The lowest BCUT2D eigenvalue weighted by atomic mass is 10.2. The van der Waals surface area contributed by atoms with Gasteiger partial charge >= 0.3 is 6.18 Å². The summed E-state index contributed by atoms with van der Waals surface area (Å²) in [6, 6.07) is -2.33. The van der Waals surface area contributed by atoms with Crippen molar-refractivity contribution in [3.63, 3.8) is 0 Å². The number of fused-ring (bicyclic) bond motifs is 1. The second-order valence-electron chi connectivity index (χ2n) is 9.95. The van der Waals surface area contributed by atoms with E-state index < -0.39 is 36.7 Å². The first-order valence-electron chi connectivity index (χ1n) is 12.7. The van der Waals surface area contributed by atoms with Gasteiger partial charge in [-0.15, -0.1) is 11.3 Å². The lowest BCUT2D eigenvalue weighted by Gasteiger charge is -2.38. The molecule has 3 aromatic rings. The van der Waals surface area contributed by atoms with E-state index >= 15 is 0 Å². The first-order valence-corrected chi connectivity index (χ1v) is 13.6. The smallest absolute Gasteiger partial charge is 0.372 e. The van der Waals surface area contributed by atoms with Gasteiger partial charge in [0.25, 0.3) is 5.91 Å². The number of nitrogens with one attached hydrogen (secondary N) is 1. The van der Waals surface area contributed by atoms with Gasteiger partial charge in [0.1, 0.15) is 28.9 Å². The zero-order valence-corrected chi connectivity index (χ0v) is 23.1. The second kappa shape index (κ2) is 10.9. The molecule has 13 nitrogen and oxygen atoms in total. The van der Waals surface area contributed by atoms with Gasteiger partial charge in [-0.2, -0.15) is 13.2 Å². The Morgan fingerprint density at radius 1 is 1.27 bits per heavy atom. The molecule has 1 amide bonds. The van der Waals surface area contributed by atoms with Crippen molar-refractivity contribution in [2.24, 2.45) is 0 Å². The number of aliphatic hydroxyl groups excluding tert-OH is 2. The molecule has 220 valence electrons. The molecule has 3 N–H and O–H groups in total. The fourth-order valence-electron chi connectivity index (χ4n) is 4.90. The topological polar surface area (TPSA) is 153 Å². The summed E-state index contributed by atoms with van der Waals surface area (Å²) in [6.07, 6.45) is -2.36. The van der Waals surface area contributed by atoms with Crippen LogP contribution in [0, 0.1) is 0 Å². The molecule has 0 radical (unpaired) electrons. The van der Waals surface area contributed by atoms with Gasteiger partial charge in [0, 0.05) is 36.9 Å². The number of aromatic nitrogens is 5. The predicted molar refractivity (Wildman–Crippen MR) is 142 cm³/mol. The van der Waals surface area contributed by atoms with Gasteiger partial charge in [0.2, 0.25) is 12.3 Å². The van der Waals surface area contributed by atoms with Crippen molar-refractivity contribution in [1.82, 2.24) is 29.4 Å². The summed E-state index contributed by atoms with van der Waals surface area (Å²) < 4.78 is 41.4. The lowest BCUT2D eigenvalue weighted by molar-refractivity contribution is -0.146. The van der Waals surface area contributed by atoms with E-state index in [0.29, 0.717) is 22.8 Å². The number of ketones is 1. The van der Waals surface area contributed by atoms with Gasteiger partial charge in [-0.3, -0.25) is 14.5 Å². The number of thiazole rings is 1. The molecule has 2 aliphatic rings. The van der Waals surface area contributed by atoms with Gasteiger partial charge in [-0.25, -0.2) is 19.9 Å². The van der Waals surface area contributed by atoms with Crippen molar-refractivity contribution in [3.8, 4) is 10.6 Å². The van der Waals surface area contributed by atoms with E-state index in [1.54, 1.807) is 12.3 Å². The molecule has 1 fully saturated rings. The Morgan fingerprint density at radius 3 is 2.63 bits per heavy atom. The number of amides is 1. The normalized spacial score (nSPS) is 20.8. The van der Waals surface area contributed by atoms with Crippen LogP contribution >= 0.6 is 11.3 Å². The van der Waals surface area contributed by atoms with Gasteiger partial charge < -0.3 is 29.9 Å². The van der Waals surface area contributed by atoms with Crippen LogP contribution in [0.4, 0.5) is 30.8 Å². The molecule has 0 spiro atoms. The first-order chi connectivity index (χ1) is 19.4. The Balaban J connectivity index is 1.29. The van der Waals surface area contributed by atoms with Crippen molar-refractivity contribution in [2.45, 2.75) is 57.5 Å². The number of hydrogen-bond donors (Lipinski definition) is 3. The van der Waals surface area contributed by atoms with Crippen LogP contribution in [0.5, 0.6) is 0 Å². The summed E-state index contributed by atoms with van der Waals surface area (Å²) in [4.78, 5) is 45.3. The van der Waals surface area contributed by atoms with E-state index in [-0.39, 0.29) is 42.8 Å². The fraction of sp³-hybridized carbons (Fsp3) is 0.500. The highest BCUT2D eigenvalue weighted by Crippen LogP contribution is 2.35. The third-order valence-electron chi connectivity index (χ3n) is 7.06. The van der Waals surface area contributed by atoms with E-state index in [1.807, 2.05) is 0 Å². The maximum atomic E-state index is 13.3. The zero-order valence-electron chi connectivity index (χ0n) is 22.3. The molecular weight excluding hydrogens is 567 g/mol. The molecule has 0 saturated carbocycles. The van der Waals surface area contributed by atoms with E-state index in [9.17, 15) is 33.0 Å². The van der Waals surface area contributed by atoms with Crippen molar-refractivity contribution < 1.29 is 33.0 Å².